The number of halogens is 1. The summed E-state index contributed by atoms with van der Waals surface area (Å²) < 4.78 is 10.8. The van der Waals surface area contributed by atoms with Gasteiger partial charge in [0.2, 0.25) is 0 Å². The van der Waals surface area contributed by atoms with Gasteiger partial charge in [0.05, 0.1) is 23.7 Å². The maximum Gasteiger partial charge on any atom is 0.269 e. The third-order valence-electron chi connectivity index (χ3n) is 3.79. The van der Waals surface area contributed by atoms with E-state index in [0.29, 0.717) is 41.7 Å². The zero-order chi connectivity index (χ0) is 19.8. The Balaban J connectivity index is 1.99. The largest absolute Gasteiger partial charge is 0.493 e. The van der Waals surface area contributed by atoms with Crippen LogP contribution in [0.5, 0.6) is 11.5 Å². The molecule has 2 aromatic rings. The van der Waals surface area contributed by atoms with Crippen molar-refractivity contribution in [2.75, 3.05) is 20.3 Å². The van der Waals surface area contributed by atoms with Gasteiger partial charge in [-0.2, -0.15) is 0 Å². The Morgan fingerprint density at radius 3 is 2.56 bits per heavy atom. The first-order valence-electron chi connectivity index (χ1n) is 8.48. The first-order valence-corrected chi connectivity index (χ1v) is 8.86. The lowest BCUT2D eigenvalue weighted by molar-refractivity contribution is -0.384. The molecule has 0 aromatic heterocycles. The van der Waals surface area contributed by atoms with E-state index in [9.17, 15) is 14.9 Å². The van der Waals surface area contributed by atoms with Gasteiger partial charge in [-0.25, -0.2) is 0 Å². The molecule has 0 saturated carbocycles. The van der Waals surface area contributed by atoms with E-state index in [1.54, 1.807) is 18.2 Å². The Morgan fingerprint density at radius 2 is 1.96 bits per heavy atom. The summed E-state index contributed by atoms with van der Waals surface area (Å²) in [5.74, 6) is 0.527. The van der Waals surface area contributed by atoms with Gasteiger partial charge in [-0.05, 0) is 30.5 Å². The van der Waals surface area contributed by atoms with E-state index < -0.39 is 4.92 Å². The molecule has 0 aliphatic heterocycles. The lowest BCUT2D eigenvalue weighted by atomic mass is 10.1. The van der Waals surface area contributed by atoms with E-state index in [2.05, 4.69) is 5.32 Å². The number of amides is 1. The summed E-state index contributed by atoms with van der Waals surface area (Å²) in [6.07, 6.45) is 1.37. The zero-order valence-corrected chi connectivity index (χ0v) is 15.9. The number of nitro groups is 1. The van der Waals surface area contributed by atoms with Gasteiger partial charge in [0.25, 0.3) is 11.6 Å². The molecule has 0 unspecified atom stereocenters. The third kappa shape index (κ3) is 5.59. The van der Waals surface area contributed by atoms with Crippen LogP contribution in [0.25, 0.3) is 0 Å². The Bertz CT molecular complexity index is 808. The lowest BCUT2D eigenvalue weighted by Crippen LogP contribution is -2.25. The van der Waals surface area contributed by atoms with Crippen LogP contribution >= 0.6 is 11.6 Å². The van der Waals surface area contributed by atoms with Crippen molar-refractivity contribution < 1.29 is 19.2 Å². The highest BCUT2D eigenvalue weighted by Gasteiger charge is 2.15. The van der Waals surface area contributed by atoms with Crippen molar-refractivity contribution in [1.29, 1.82) is 0 Å². The normalized spacial score (nSPS) is 10.3. The molecule has 0 bridgehead atoms. The second-order valence-corrected chi connectivity index (χ2v) is 6.17. The minimum absolute atomic E-state index is 0.0369. The zero-order valence-electron chi connectivity index (χ0n) is 15.2. The Kier molecular flexibility index (Phi) is 7.43. The number of ether oxygens (including phenoxy) is 2. The molecule has 1 amide bonds. The summed E-state index contributed by atoms with van der Waals surface area (Å²) >= 11 is 6.22. The predicted molar refractivity (Wildman–Crippen MR) is 103 cm³/mol. The highest BCUT2D eigenvalue weighted by molar-refractivity contribution is 6.32. The van der Waals surface area contributed by atoms with E-state index in [1.165, 1.54) is 25.3 Å². The van der Waals surface area contributed by atoms with Crippen molar-refractivity contribution in [3.63, 3.8) is 0 Å². The quantitative estimate of drug-likeness (QED) is 0.514. The highest BCUT2D eigenvalue weighted by atomic mass is 35.5. The number of rotatable bonds is 9. The van der Waals surface area contributed by atoms with Crippen molar-refractivity contribution in [3.05, 3.63) is 62.7 Å². The van der Waals surface area contributed by atoms with Gasteiger partial charge >= 0.3 is 0 Å². The number of carbonyl (C=O) groups is 1. The molecule has 0 aliphatic carbocycles. The van der Waals surface area contributed by atoms with Crippen LogP contribution in [0.2, 0.25) is 5.02 Å². The van der Waals surface area contributed by atoms with E-state index >= 15 is 0 Å². The molecule has 0 spiro atoms. The minimum atomic E-state index is -0.448. The topological polar surface area (TPSA) is 90.7 Å². The average molecular weight is 393 g/mol. The fraction of sp³-hybridized carbons (Fsp3) is 0.316. The Labute approximate surface area is 162 Å². The summed E-state index contributed by atoms with van der Waals surface area (Å²) in [6.45, 7) is 2.86. The van der Waals surface area contributed by atoms with E-state index in [1.807, 2.05) is 6.92 Å². The Morgan fingerprint density at radius 1 is 1.26 bits per heavy atom. The van der Waals surface area contributed by atoms with Crippen LogP contribution < -0.4 is 14.8 Å². The van der Waals surface area contributed by atoms with Crippen LogP contribution in [0, 0.1) is 10.1 Å². The molecular formula is C19H21ClN2O5. The molecular weight excluding hydrogens is 372 g/mol. The molecule has 2 aromatic carbocycles. The molecule has 0 saturated heterocycles. The molecule has 0 radical (unpaired) electrons. The molecule has 2 rings (SSSR count). The second kappa shape index (κ2) is 9.78. The minimum Gasteiger partial charge on any atom is -0.493 e. The highest BCUT2D eigenvalue weighted by Crippen LogP contribution is 2.36. The number of nitro benzene ring substituents is 1. The SMILES string of the molecule is CCCOc1c(Cl)cc(C(=O)NCCc2ccc([N+](=O)[O-])cc2)cc1OC. The van der Waals surface area contributed by atoms with Gasteiger partial charge in [0, 0.05) is 24.2 Å². The van der Waals surface area contributed by atoms with Crippen molar-refractivity contribution in [3.8, 4) is 11.5 Å². The fourth-order valence-corrected chi connectivity index (χ4v) is 2.67. The van der Waals surface area contributed by atoms with Crippen LogP contribution in [0.4, 0.5) is 5.69 Å². The number of nitrogens with one attached hydrogen (secondary N) is 1. The molecule has 8 heteroatoms. The van der Waals surface area contributed by atoms with Crippen molar-refractivity contribution in [1.82, 2.24) is 5.32 Å². The van der Waals surface area contributed by atoms with Gasteiger partial charge < -0.3 is 14.8 Å². The number of hydrogen-bond acceptors (Lipinski definition) is 5. The van der Waals surface area contributed by atoms with Crippen molar-refractivity contribution in [2.24, 2.45) is 0 Å². The Hall–Kier alpha value is -2.80. The van der Waals surface area contributed by atoms with E-state index in [-0.39, 0.29) is 11.6 Å². The molecule has 144 valence electrons. The van der Waals surface area contributed by atoms with Crippen molar-refractivity contribution in [2.45, 2.75) is 19.8 Å². The van der Waals surface area contributed by atoms with Gasteiger partial charge in [-0.1, -0.05) is 30.7 Å². The molecule has 27 heavy (non-hydrogen) atoms. The van der Waals surface area contributed by atoms with Crippen LogP contribution in [-0.4, -0.2) is 31.1 Å². The standard InChI is InChI=1S/C19H21ClN2O5/c1-3-10-27-18-16(20)11-14(12-17(18)26-2)19(23)21-9-8-13-4-6-15(7-5-13)22(24)25/h4-7,11-12H,3,8-10H2,1-2H3,(H,21,23). The van der Waals surface area contributed by atoms with Crippen LogP contribution in [0.15, 0.2) is 36.4 Å². The summed E-state index contributed by atoms with van der Waals surface area (Å²) in [4.78, 5) is 22.6. The van der Waals surface area contributed by atoms with Crippen LogP contribution in [0.3, 0.4) is 0 Å². The van der Waals surface area contributed by atoms with Gasteiger partial charge in [-0.15, -0.1) is 0 Å². The van der Waals surface area contributed by atoms with Gasteiger partial charge in [0.1, 0.15) is 0 Å². The van der Waals surface area contributed by atoms with Gasteiger partial charge in [0.15, 0.2) is 11.5 Å². The number of hydrogen-bond donors (Lipinski definition) is 1. The van der Waals surface area contributed by atoms with Crippen LogP contribution in [0.1, 0.15) is 29.3 Å². The fourth-order valence-electron chi connectivity index (χ4n) is 2.40. The third-order valence-corrected chi connectivity index (χ3v) is 4.07. The predicted octanol–water partition coefficient (Wildman–Crippen LogP) is 4.02. The first-order chi connectivity index (χ1) is 13.0. The van der Waals surface area contributed by atoms with Gasteiger partial charge in [-0.3, -0.25) is 14.9 Å². The lowest BCUT2D eigenvalue weighted by Gasteiger charge is -2.14. The second-order valence-electron chi connectivity index (χ2n) is 5.77. The molecule has 0 aliphatic rings. The molecule has 1 N–H and O–H groups in total. The molecule has 7 nitrogen and oxygen atoms in total. The van der Waals surface area contributed by atoms with Crippen LogP contribution in [-0.2, 0) is 6.42 Å². The number of methoxy groups -OCH3 is 1. The number of non-ortho nitro benzene ring substituents is 1. The monoisotopic (exact) mass is 392 g/mol. The number of carbonyl (C=O) groups excluding carboxylic acids is 1. The average Bonchev–Trinajstić information content (AvgIpc) is 2.66. The number of benzene rings is 2. The molecule has 0 fully saturated rings. The summed E-state index contributed by atoms with van der Waals surface area (Å²) in [7, 11) is 1.49. The van der Waals surface area contributed by atoms with E-state index in [0.717, 1.165) is 12.0 Å². The number of nitrogens with zero attached hydrogens (tertiary/aromatic N) is 1. The smallest absolute Gasteiger partial charge is 0.269 e. The first kappa shape index (κ1) is 20.5. The van der Waals surface area contributed by atoms with Crippen molar-refractivity contribution >= 4 is 23.2 Å². The summed E-state index contributed by atoms with van der Waals surface area (Å²) in [6, 6.07) is 9.34. The molecule has 0 heterocycles. The summed E-state index contributed by atoms with van der Waals surface area (Å²) in [5, 5.41) is 13.8. The maximum atomic E-state index is 12.4. The van der Waals surface area contributed by atoms with E-state index in [4.69, 9.17) is 21.1 Å². The maximum absolute atomic E-state index is 12.4. The molecule has 0 atom stereocenters. The summed E-state index contributed by atoms with van der Waals surface area (Å²) in [5.41, 5.74) is 1.29.